The summed E-state index contributed by atoms with van der Waals surface area (Å²) in [6, 6.07) is 0. The van der Waals surface area contributed by atoms with Gasteiger partial charge in [0.05, 0.1) is 0 Å². The predicted molar refractivity (Wildman–Crippen MR) is 75.2 cm³/mol. The highest BCUT2D eigenvalue weighted by Gasteiger charge is 2.31. The second-order valence-electron chi connectivity index (χ2n) is 5.89. The Morgan fingerprint density at radius 3 is 2.41 bits per heavy atom. The van der Waals surface area contributed by atoms with Gasteiger partial charge in [-0.1, -0.05) is 19.3 Å². The Balaban J connectivity index is 2.39. The van der Waals surface area contributed by atoms with Gasteiger partial charge in [0.25, 0.3) is 0 Å². The molecule has 1 aliphatic rings. The number of amides is 1. The summed E-state index contributed by atoms with van der Waals surface area (Å²) in [5.41, 5.74) is 5.43. The van der Waals surface area contributed by atoms with Crippen molar-refractivity contribution in [3.63, 3.8) is 0 Å². The summed E-state index contributed by atoms with van der Waals surface area (Å²) >= 11 is 1.91. The van der Waals surface area contributed by atoms with Crippen LogP contribution in [0, 0.1) is 0 Å². The van der Waals surface area contributed by atoms with Gasteiger partial charge in [0, 0.05) is 23.3 Å². The fourth-order valence-corrected chi connectivity index (χ4v) is 3.30. The van der Waals surface area contributed by atoms with Crippen LogP contribution in [0.4, 0.5) is 0 Å². The summed E-state index contributed by atoms with van der Waals surface area (Å²) < 4.78 is 0.270. The first kappa shape index (κ1) is 14.8. The Kier molecular flexibility index (Phi) is 5.32. The first-order chi connectivity index (χ1) is 7.87. The van der Waals surface area contributed by atoms with E-state index < -0.39 is 5.54 Å². The van der Waals surface area contributed by atoms with Crippen molar-refractivity contribution < 1.29 is 4.79 Å². The van der Waals surface area contributed by atoms with E-state index in [1.54, 1.807) is 0 Å². The van der Waals surface area contributed by atoms with E-state index in [-0.39, 0.29) is 10.7 Å². The van der Waals surface area contributed by atoms with Crippen molar-refractivity contribution in [1.29, 1.82) is 0 Å². The fraction of sp³-hybridized carbons (Fsp3) is 0.923. The van der Waals surface area contributed by atoms with E-state index in [1.807, 2.05) is 25.6 Å². The van der Waals surface area contributed by atoms with Crippen LogP contribution in [0.3, 0.4) is 0 Å². The third-order valence-corrected chi connectivity index (χ3v) is 4.84. The number of thioether (sulfide) groups is 1. The predicted octanol–water partition coefficient (Wildman–Crippen LogP) is 2.30. The van der Waals surface area contributed by atoms with Crippen molar-refractivity contribution in [2.45, 2.75) is 62.7 Å². The normalized spacial score (nSPS) is 20.0. The van der Waals surface area contributed by atoms with E-state index in [0.29, 0.717) is 6.42 Å². The van der Waals surface area contributed by atoms with Crippen LogP contribution >= 0.6 is 11.8 Å². The van der Waals surface area contributed by atoms with Crippen LogP contribution in [0.15, 0.2) is 0 Å². The first-order valence-electron chi connectivity index (χ1n) is 6.48. The number of carbonyl (C=O) groups is 1. The standard InChI is InChI=1S/C13H26N2OS/c1-12(2,14)9-11(16)15-10-13(17-3)7-5-4-6-8-13/h4-10,14H2,1-3H3,(H,15,16). The van der Waals surface area contributed by atoms with Crippen LogP contribution in [-0.2, 0) is 4.79 Å². The molecular weight excluding hydrogens is 232 g/mol. The summed E-state index contributed by atoms with van der Waals surface area (Å²) in [7, 11) is 0. The third-order valence-electron chi connectivity index (χ3n) is 3.42. The number of rotatable bonds is 5. The van der Waals surface area contributed by atoms with Gasteiger partial charge >= 0.3 is 0 Å². The molecule has 100 valence electrons. The van der Waals surface area contributed by atoms with Crippen molar-refractivity contribution in [2.24, 2.45) is 5.73 Å². The first-order valence-corrected chi connectivity index (χ1v) is 7.70. The minimum Gasteiger partial charge on any atom is -0.355 e. The molecule has 0 unspecified atom stereocenters. The molecule has 4 heteroatoms. The Bertz CT molecular complexity index is 255. The fourth-order valence-electron chi connectivity index (χ4n) is 2.39. The molecule has 1 fully saturated rings. The average Bonchev–Trinajstić information content (AvgIpc) is 2.25. The van der Waals surface area contributed by atoms with Gasteiger partial charge in [-0.25, -0.2) is 0 Å². The van der Waals surface area contributed by atoms with Gasteiger partial charge in [-0.15, -0.1) is 0 Å². The van der Waals surface area contributed by atoms with Crippen molar-refractivity contribution in [1.82, 2.24) is 5.32 Å². The lowest BCUT2D eigenvalue weighted by Crippen LogP contribution is -2.45. The van der Waals surface area contributed by atoms with Crippen molar-refractivity contribution >= 4 is 17.7 Å². The average molecular weight is 258 g/mol. The maximum atomic E-state index is 11.8. The Hall–Kier alpha value is -0.220. The SMILES string of the molecule is CSC1(CNC(=O)CC(C)(C)N)CCCCC1. The largest absolute Gasteiger partial charge is 0.355 e. The maximum Gasteiger partial charge on any atom is 0.221 e. The van der Waals surface area contributed by atoms with E-state index in [9.17, 15) is 4.79 Å². The molecule has 0 heterocycles. The third kappa shape index (κ3) is 5.30. The summed E-state index contributed by atoms with van der Waals surface area (Å²) in [5, 5.41) is 3.06. The molecule has 0 saturated heterocycles. The molecule has 0 aromatic heterocycles. The maximum absolute atomic E-state index is 11.8. The zero-order valence-electron chi connectivity index (χ0n) is 11.3. The zero-order chi connectivity index (χ0) is 12.9. The molecule has 17 heavy (non-hydrogen) atoms. The molecule has 0 aromatic rings. The van der Waals surface area contributed by atoms with Crippen LogP contribution in [0.1, 0.15) is 52.4 Å². The molecule has 1 aliphatic carbocycles. The van der Waals surface area contributed by atoms with Crippen molar-refractivity contribution in [3.8, 4) is 0 Å². The Morgan fingerprint density at radius 1 is 1.35 bits per heavy atom. The molecule has 3 nitrogen and oxygen atoms in total. The minimum absolute atomic E-state index is 0.0801. The van der Waals surface area contributed by atoms with Crippen LogP contribution in [0.2, 0.25) is 0 Å². The lowest BCUT2D eigenvalue weighted by Gasteiger charge is -2.36. The van der Waals surface area contributed by atoms with Crippen LogP contribution in [0.5, 0.6) is 0 Å². The van der Waals surface area contributed by atoms with Gasteiger partial charge in [-0.05, 0) is 32.9 Å². The monoisotopic (exact) mass is 258 g/mol. The van der Waals surface area contributed by atoms with E-state index in [2.05, 4.69) is 11.6 Å². The van der Waals surface area contributed by atoms with Gasteiger partial charge in [0.1, 0.15) is 0 Å². The Labute approximate surface area is 109 Å². The zero-order valence-corrected chi connectivity index (χ0v) is 12.2. The van der Waals surface area contributed by atoms with Gasteiger partial charge in [0.2, 0.25) is 5.91 Å². The summed E-state index contributed by atoms with van der Waals surface area (Å²) in [6.07, 6.45) is 8.92. The molecule has 1 saturated carbocycles. The van der Waals surface area contributed by atoms with E-state index in [0.717, 1.165) is 6.54 Å². The second-order valence-corrected chi connectivity index (χ2v) is 7.16. The summed E-state index contributed by atoms with van der Waals surface area (Å²) in [4.78, 5) is 11.8. The molecule has 3 N–H and O–H groups in total. The van der Waals surface area contributed by atoms with E-state index >= 15 is 0 Å². The topological polar surface area (TPSA) is 55.1 Å². The van der Waals surface area contributed by atoms with Crippen molar-refractivity contribution in [3.05, 3.63) is 0 Å². The van der Waals surface area contributed by atoms with Crippen LogP contribution in [0.25, 0.3) is 0 Å². The van der Waals surface area contributed by atoms with Gasteiger partial charge < -0.3 is 11.1 Å². The lowest BCUT2D eigenvalue weighted by atomic mass is 9.88. The molecule has 0 radical (unpaired) electrons. The highest BCUT2D eigenvalue weighted by atomic mass is 32.2. The smallest absolute Gasteiger partial charge is 0.221 e. The van der Waals surface area contributed by atoms with Gasteiger partial charge in [0.15, 0.2) is 0 Å². The van der Waals surface area contributed by atoms with Gasteiger partial charge in [-0.2, -0.15) is 11.8 Å². The molecular formula is C13H26N2OS. The number of hydrogen-bond donors (Lipinski definition) is 2. The van der Waals surface area contributed by atoms with Crippen LogP contribution in [-0.4, -0.2) is 29.0 Å². The van der Waals surface area contributed by atoms with Gasteiger partial charge in [-0.3, -0.25) is 4.79 Å². The molecule has 0 bridgehead atoms. The lowest BCUT2D eigenvalue weighted by molar-refractivity contribution is -0.122. The second kappa shape index (κ2) is 6.10. The molecule has 0 aromatic carbocycles. The van der Waals surface area contributed by atoms with Crippen LogP contribution < -0.4 is 11.1 Å². The molecule has 0 aliphatic heterocycles. The van der Waals surface area contributed by atoms with Crippen molar-refractivity contribution in [2.75, 3.05) is 12.8 Å². The van der Waals surface area contributed by atoms with E-state index in [4.69, 9.17) is 5.73 Å². The number of hydrogen-bond acceptors (Lipinski definition) is 3. The molecule has 1 amide bonds. The molecule has 1 rings (SSSR count). The highest BCUT2D eigenvalue weighted by molar-refractivity contribution is 8.00. The number of carbonyl (C=O) groups excluding carboxylic acids is 1. The summed E-state index contributed by atoms with van der Waals surface area (Å²) in [5.74, 6) is 0.0801. The number of nitrogens with one attached hydrogen (secondary N) is 1. The molecule has 0 spiro atoms. The summed E-state index contributed by atoms with van der Waals surface area (Å²) in [6.45, 7) is 4.57. The molecule has 0 atom stereocenters. The van der Waals surface area contributed by atoms with E-state index in [1.165, 1.54) is 32.1 Å². The number of nitrogens with two attached hydrogens (primary N) is 1. The minimum atomic E-state index is -0.414. The quantitative estimate of drug-likeness (QED) is 0.795. The Morgan fingerprint density at radius 2 is 1.94 bits per heavy atom. The highest BCUT2D eigenvalue weighted by Crippen LogP contribution is 2.37.